The van der Waals surface area contributed by atoms with Crippen molar-refractivity contribution in [2.45, 2.75) is 68.6 Å². The molecule has 2 N–H and O–H groups in total. The number of hydrogen-bond acceptors (Lipinski definition) is 9. The molecule has 0 heterocycles. The third-order valence-corrected chi connectivity index (χ3v) is 8.46. The van der Waals surface area contributed by atoms with Gasteiger partial charge in [0.25, 0.3) is 0 Å². The van der Waals surface area contributed by atoms with Gasteiger partial charge in [0.1, 0.15) is 0 Å². The second kappa shape index (κ2) is 20.7. The summed E-state index contributed by atoms with van der Waals surface area (Å²) in [4.78, 5) is 28.6. The molecular weight excluding hydrogens is 532 g/mol. The number of nitrogens with zero attached hydrogens (tertiary/aromatic N) is 1. The van der Waals surface area contributed by atoms with Crippen molar-refractivity contribution in [2.75, 3.05) is 51.3 Å². The van der Waals surface area contributed by atoms with Crippen LogP contribution in [0.25, 0.3) is 0 Å². The normalized spacial score (nSPS) is 11.0. The zero-order chi connectivity index (χ0) is 28.1. The summed E-state index contributed by atoms with van der Waals surface area (Å²) in [6, 6.07) is 16.7. The van der Waals surface area contributed by atoms with Gasteiger partial charge < -0.3 is 24.8 Å². The number of unbranched alkanes of at least 4 members (excludes halogenated alkanes) is 3. The molecule has 0 aliphatic heterocycles. The van der Waals surface area contributed by atoms with Crippen molar-refractivity contribution >= 4 is 39.2 Å². The molecule has 0 saturated carbocycles. The fraction of sp³-hybridized carbons (Fsp3) is 0.533. The molecule has 0 spiro atoms. The van der Waals surface area contributed by atoms with E-state index in [1.165, 1.54) is 15.4 Å². The Morgan fingerprint density at radius 1 is 0.795 bits per heavy atom. The maximum atomic E-state index is 12.0. The molecule has 0 unspecified atom stereocenters. The van der Waals surface area contributed by atoms with E-state index in [0.717, 1.165) is 38.0 Å². The highest BCUT2D eigenvalue weighted by Gasteiger charge is 2.08. The highest BCUT2D eigenvalue weighted by Crippen LogP contribution is 2.37. The predicted molar refractivity (Wildman–Crippen MR) is 161 cm³/mol. The van der Waals surface area contributed by atoms with Crippen LogP contribution in [0.4, 0.5) is 5.69 Å². The Hall–Kier alpha value is -2.20. The van der Waals surface area contributed by atoms with Crippen molar-refractivity contribution < 1.29 is 24.2 Å². The molecule has 9 heteroatoms. The number of aliphatic hydroxyl groups excluding tert-OH is 1. The van der Waals surface area contributed by atoms with Crippen LogP contribution < -0.4 is 5.32 Å². The van der Waals surface area contributed by atoms with Gasteiger partial charge >= 0.3 is 11.9 Å². The van der Waals surface area contributed by atoms with Crippen LogP contribution in [0.1, 0.15) is 57.4 Å². The van der Waals surface area contributed by atoms with Gasteiger partial charge in [-0.1, -0.05) is 46.2 Å². The maximum absolute atomic E-state index is 12.0. The molecule has 7 nitrogen and oxygen atoms in total. The Morgan fingerprint density at radius 2 is 1.38 bits per heavy atom. The van der Waals surface area contributed by atoms with Crippen LogP contribution in [0.3, 0.4) is 0 Å². The average Bonchev–Trinajstić information content (AvgIpc) is 2.95. The van der Waals surface area contributed by atoms with Gasteiger partial charge in [-0.15, -0.1) is 0 Å². The summed E-state index contributed by atoms with van der Waals surface area (Å²) in [6.07, 6.45) is 4.86. The highest BCUT2D eigenvalue weighted by molar-refractivity contribution is 8.76. The molecule has 0 fully saturated rings. The molecule has 216 valence electrons. The van der Waals surface area contributed by atoms with Gasteiger partial charge in [0.2, 0.25) is 0 Å². The van der Waals surface area contributed by atoms with Crippen LogP contribution in [0.15, 0.2) is 58.3 Å². The lowest BCUT2D eigenvalue weighted by atomic mass is 10.2. The van der Waals surface area contributed by atoms with Crippen molar-refractivity contribution in [3.05, 3.63) is 54.1 Å². The Balaban J connectivity index is 1.46. The van der Waals surface area contributed by atoms with E-state index in [0.29, 0.717) is 52.0 Å². The standard InChI is InChI=1S/C30H44N2O5S2/c1-3-32(20-5-4-6-22-33)21-18-30(35)37-24-8-7-23-36-29(34)17-19-31-26-11-15-28(16-12-26)39-38-27-13-9-25(2)10-14-27/h9-16,31,33H,3-8,17-24H2,1-2H3. The molecule has 0 amide bonds. The molecule has 0 aromatic heterocycles. The Kier molecular flexibility index (Phi) is 17.5. The fourth-order valence-corrected chi connectivity index (χ4v) is 5.58. The lowest BCUT2D eigenvalue weighted by Crippen LogP contribution is -2.27. The first-order valence-corrected chi connectivity index (χ1v) is 16.0. The Labute approximate surface area is 241 Å². The van der Waals surface area contributed by atoms with E-state index in [4.69, 9.17) is 14.6 Å². The maximum Gasteiger partial charge on any atom is 0.307 e. The summed E-state index contributed by atoms with van der Waals surface area (Å²) in [7, 11) is 3.45. The minimum absolute atomic E-state index is 0.191. The lowest BCUT2D eigenvalue weighted by Gasteiger charge is -2.19. The number of aryl methyl sites for hydroxylation is 1. The van der Waals surface area contributed by atoms with E-state index < -0.39 is 0 Å². The molecular formula is C30H44N2O5S2. The number of esters is 2. The summed E-state index contributed by atoms with van der Waals surface area (Å²) >= 11 is 0. The van der Waals surface area contributed by atoms with E-state index in [1.807, 2.05) is 12.1 Å². The highest BCUT2D eigenvalue weighted by atomic mass is 33.1. The second-order valence-electron chi connectivity index (χ2n) is 9.30. The lowest BCUT2D eigenvalue weighted by molar-refractivity contribution is -0.146. The summed E-state index contributed by atoms with van der Waals surface area (Å²) in [5, 5.41) is 12.1. The predicted octanol–water partition coefficient (Wildman–Crippen LogP) is 6.34. The van der Waals surface area contributed by atoms with Crippen molar-refractivity contribution in [3.63, 3.8) is 0 Å². The van der Waals surface area contributed by atoms with Gasteiger partial charge in [-0.2, -0.15) is 0 Å². The molecule has 2 aromatic carbocycles. The molecule has 0 saturated heterocycles. The van der Waals surface area contributed by atoms with Crippen LogP contribution >= 0.6 is 21.6 Å². The van der Waals surface area contributed by atoms with Gasteiger partial charge in [0, 0.05) is 35.2 Å². The SMILES string of the molecule is CCN(CCCCCO)CCC(=O)OCCCCOC(=O)CCNc1ccc(SSc2ccc(C)cc2)cc1. The van der Waals surface area contributed by atoms with Gasteiger partial charge in [-0.25, -0.2) is 0 Å². The number of rotatable bonds is 21. The third kappa shape index (κ3) is 15.8. The van der Waals surface area contributed by atoms with E-state index in [-0.39, 0.29) is 18.5 Å². The smallest absolute Gasteiger partial charge is 0.307 e. The summed E-state index contributed by atoms with van der Waals surface area (Å²) < 4.78 is 10.6. The van der Waals surface area contributed by atoms with Gasteiger partial charge in [0.15, 0.2) is 0 Å². The number of carbonyl (C=O) groups excluding carboxylic acids is 2. The second-order valence-corrected chi connectivity index (χ2v) is 11.6. The molecule has 0 aliphatic rings. The number of ether oxygens (including phenoxy) is 2. The van der Waals surface area contributed by atoms with Crippen LogP contribution in [0.2, 0.25) is 0 Å². The van der Waals surface area contributed by atoms with E-state index >= 15 is 0 Å². The fourth-order valence-electron chi connectivity index (χ4n) is 3.65. The molecule has 0 bridgehead atoms. The number of carbonyl (C=O) groups is 2. The largest absolute Gasteiger partial charge is 0.466 e. The van der Waals surface area contributed by atoms with Crippen LogP contribution in [0, 0.1) is 6.92 Å². The van der Waals surface area contributed by atoms with Gasteiger partial charge in [0.05, 0.1) is 26.1 Å². The third-order valence-electron chi connectivity index (χ3n) is 6.04. The minimum Gasteiger partial charge on any atom is -0.466 e. The van der Waals surface area contributed by atoms with Crippen molar-refractivity contribution in [3.8, 4) is 0 Å². The molecule has 0 radical (unpaired) electrons. The van der Waals surface area contributed by atoms with E-state index in [1.54, 1.807) is 21.6 Å². The number of hydrogen-bond donors (Lipinski definition) is 2. The van der Waals surface area contributed by atoms with E-state index in [2.05, 4.69) is 60.5 Å². The molecule has 0 aliphatic carbocycles. The molecule has 2 rings (SSSR count). The first-order valence-electron chi connectivity index (χ1n) is 13.9. The Morgan fingerprint density at radius 3 is 1.97 bits per heavy atom. The first-order chi connectivity index (χ1) is 19.0. The van der Waals surface area contributed by atoms with Crippen LogP contribution in [-0.2, 0) is 19.1 Å². The quantitative estimate of drug-likeness (QED) is 0.100. The van der Waals surface area contributed by atoms with Crippen molar-refractivity contribution in [2.24, 2.45) is 0 Å². The minimum atomic E-state index is -0.236. The van der Waals surface area contributed by atoms with E-state index in [9.17, 15) is 9.59 Å². The summed E-state index contributed by atoms with van der Waals surface area (Å²) in [5.41, 5.74) is 2.23. The number of aliphatic hydroxyl groups is 1. The van der Waals surface area contributed by atoms with Gasteiger partial charge in [-0.05, 0) is 88.5 Å². The van der Waals surface area contributed by atoms with Crippen molar-refractivity contribution in [1.29, 1.82) is 0 Å². The summed E-state index contributed by atoms with van der Waals surface area (Å²) in [5.74, 6) is -0.427. The van der Waals surface area contributed by atoms with Gasteiger partial charge in [-0.3, -0.25) is 9.59 Å². The number of benzene rings is 2. The molecule has 2 aromatic rings. The monoisotopic (exact) mass is 576 g/mol. The van der Waals surface area contributed by atoms with Crippen LogP contribution in [0.5, 0.6) is 0 Å². The first kappa shape index (κ1) is 33.0. The Bertz CT molecular complexity index is 941. The topological polar surface area (TPSA) is 88.1 Å². The zero-order valence-electron chi connectivity index (χ0n) is 23.4. The number of nitrogens with one attached hydrogen (secondary N) is 1. The number of anilines is 1. The van der Waals surface area contributed by atoms with Crippen molar-refractivity contribution in [1.82, 2.24) is 4.90 Å². The average molecular weight is 577 g/mol. The molecule has 39 heavy (non-hydrogen) atoms. The molecule has 0 atom stereocenters. The zero-order valence-corrected chi connectivity index (χ0v) is 25.0. The van der Waals surface area contributed by atoms with Crippen LogP contribution in [-0.4, -0.2) is 67.9 Å². The summed E-state index contributed by atoms with van der Waals surface area (Å²) in [6.45, 7) is 8.11.